The van der Waals surface area contributed by atoms with Gasteiger partial charge in [-0.2, -0.15) is 0 Å². The molecule has 0 bridgehead atoms. The molecule has 0 aliphatic carbocycles. The van der Waals surface area contributed by atoms with Crippen molar-refractivity contribution in [1.29, 1.82) is 0 Å². The van der Waals surface area contributed by atoms with E-state index >= 15 is 0 Å². The lowest BCUT2D eigenvalue weighted by molar-refractivity contribution is 0.266. The predicted molar refractivity (Wildman–Crippen MR) is 58.3 cm³/mol. The highest BCUT2D eigenvalue weighted by atomic mass is 19.1. The van der Waals surface area contributed by atoms with Gasteiger partial charge in [0, 0.05) is 17.9 Å². The zero-order valence-corrected chi connectivity index (χ0v) is 8.49. The van der Waals surface area contributed by atoms with Crippen LogP contribution in [0.4, 0.5) is 15.8 Å². The van der Waals surface area contributed by atoms with Crippen molar-refractivity contribution < 1.29 is 9.50 Å². The summed E-state index contributed by atoms with van der Waals surface area (Å²) >= 11 is 0. The lowest BCUT2D eigenvalue weighted by atomic mass is 10.2. The molecule has 3 nitrogen and oxygen atoms in total. The lowest BCUT2D eigenvalue weighted by Crippen LogP contribution is -2.32. The van der Waals surface area contributed by atoms with Crippen molar-refractivity contribution in [2.45, 2.75) is 18.9 Å². The van der Waals surface area contributed by atoms with Crippen molar-refractivity contribution in [1.82, 2.24) is 0 Å². The zero-order chi connectivity index (χ0) is 10.8. The Balaban J connectivity index is 2.28. The van der Waals surface area contributed by atoms with Gasteiger partial charge in [-0.25, -0.2) is 4.39 Å². The van der Waals surface area contributed by atoms with Crippen LogP contribution in [0.5, 0.6) is 0 Å². The van der Waals surface area contributed by atoms with Crippen LogP contribution in [0.15, 0.2) is 18.2 Å². The number of nitrogens with zero attached hydrogens (tertiary/aromatic N) is 1. The first kappa shape index (κ1) is 10.2. The van der Waals surface area contributed by atoms with Gasteiger partial charge in [0.2, 0.25) is 0 Å². The van der Waals surface area contributed by atoms with Gasteiger partial charge in [-0.3, -0.25) is 0 Å². The molecule has 1 saturated heterocycles. The Kier molecular flexibility index (Phi) is 2.77. The van der Waals surface area contributed by atoms with E-state index in [1.807, 2.05) is 4.90 Å². The second kappa shape index (κ2) is 4.06. The summed E-state index contributed by atoms with van der Waals surface area (Å²) in [7, 11) is 0. The molecule has 1 aliphatic rings. The second-order valence-corrected chi connectivity index (χ2v) is 3.91. The molecule has 0 aromatic heterocycles. The first-order chi connectivity index (χ1) is 7.20. The summed E-state index contributed by atoms with van der Waals surface area (Å²) in [5.41, 5.74) is 6.78. The average molecular weight is 210 g/mol. The fourth-order valence-electron chi connectivity index (χ4n) is 2.13. The highest BCUT2D eigenvalue weighted by molar-refractivity contribution is 5.57. The standard InChI is InChI=1S/C11H15FN2O/c12-8-4-9(13)6-11(5-8)14-3-1-2-10(14)7-15/h4-6,10,15H,1-3,7,13H2. The van der Waals surface area contributed by atoms with Crippen LogP contribution in [0.3, 0.4) is 0 Å². The predicted octanol–water partition coefficient (Wildman–Crippen LogP) is 1.37. The highest BCUT2D eigenvalue weighted by Crippen LogP contribution is 2.27. The number of nitrogen functional groups attached to an aromatic ring is 1. The molecular weight excluding hydrogens is 195 g/mol. The number of hydrogen-bond acceptors (Lipinski definition) is 3. The van der Waals surface area contributed by atoms with Crippen LogP contribution in [0.2, 0.25) is 0 Å². The molecule has 0 amide bonds. The summed E-state index contributed by atoms with van der Waals surface area (Å²) in [5, 5.41) is 9.17. The Hall–Kier alpha value is -1.29. The minimum absolute atomic E-state index is 0.103. The Morgan fingerprint density at radius 1 is 1.47 bits per heavy atom. The Bertz CT molecular complexity index is 336. The van der Waals surface area contributed by atoms with Crippen molar-refractivity contribution in [3.8, 4) is 0 Å². The summed E-state index contributed by atoms with van der Waals surface area (Å²) in [4.78, 5) is 2.01. The summed E-state index contributed by atoms with van der Waals surface area (Å²) in [6.07, 6.45) is 1.98. The molecule has 0 saturated carbocycles. The monoisotopic (exact) mass is 210 g/mol. The van der Waals surface area contributed by atoms with Crippen molar-refractivity contribution in [3.05, 3.63) is 24.0 Å². The van der Waals surface area contributed by atoms with E-state index in [0.717, 1.165) is 25.1 Å². The SMILES string of the molecule is Nc1cc(F)cc(N2CCCC2CO)c1. The quantitative estimate of drug-likeness (QED) is 0.725. The first-order valence-corrected chi connectivity index (χ1v) is 5.14. The fraction of sp³-hybridized carbons (Fsp3) is 0.455. The summed E-state index contributed by atoms with van der Waals surface area (Å²) in [6, 6.07) is 4.61. The van der Waals surface area contributed by atoms with Gasteiger partial charge in [0.1, 0.15) is 5.82 Å². The maximum Gasteiger partial charge on any atom is 0.127 e. The van der Waals surface area contributed by atoms with Crippen LogP contribution in [-0.4, -0.2) is 24.3 Å². The number of benzene rings is 1. The van der Waals surface area contributed by atoms with Gasteiger partial charge in [-0.15, -0.1) is 0 Å². The molecule has 1 aliphatic heterocycles. The average Bonchev–Trinajstić information content (AvgIpc) is 2.63. The molecule has 0 radical (unpaired) electrons. The van der Waals surface area contributed by atoms with Gasteiger partial charge in [0.05, 0.1) is 12.6 Å². The summed E-state index contributed by atoms with van der Waals surface area (Å²) in [6.45, 7) is 0.963. The molecule has 1 unspecified atom stereocenters. The van der Waals surface area contributed by atoms with Gasteiger partial charge < -0.3 is 15.7 Å². The maximum atomic E-state index is 13.1. The molecule has 1 aromatic carbocycles. The van der Waals surface area contributed by atoms with Crippen molar-refractivity contribution in [3.63, 3.8) is 0 Å². The largest absolute Gasteiger partial charge is 0.399 e. The molecule has 0 spiro atoms. The normalized spacial score (nSPS) is 20.9. The van der Waals surface area contributed by atoms with E-state index < -0.39 is 0 Å². The number of aliphatic hydroxyl groups is 1. The van der Waals surface area contributed by atoms with Crippen molar-refractivity contribution in [2.24, 2.45) is 0 Å². The molecule has 15 heavy (non-hydrogen) atoms. The van der Waals surface area contributed by atoms with Crippen LogP contribution >= 0.6 is 0 Å². The Morgan fingerprint density at radius 3 is 2.93 bits per heavy atom. The summed E-state index contributed by atoms with van der Waals surface area (Å²) in [5.74, 6) is -0.325. The fourth-order valence-corrected chi connectivity index (χ4v) is 2.13. The molecule has 1 atom stereocenters. The van der Waals surface area contributed by atoms with E-state index in [9.17, 15) is 4.39 Å². The van der Waals surface area contributed by atoms with Crippen LogP contribution in [0.25, 0.3) is 0 Å². The third kappa shape index (κ3) is 2.04. The second-order valence-electron chi connectivity index (χ2n) is 3.91. The minimum Gasteiger partial charge on any atom is -0.399 e. The molecule has 2 rings (SSSR count). The number of halogens is 1. The smallest absolute Gasteiger partial charge is 0.127 e. The van der Waals surface area contributed by atoms with Crippen LogP contribution in [0, 0.1) is 5.82 Å². The highest BCUT2D eigenvalue weighted by Gasteiger charge is 2.24. The van der Waals surface area contributed by atoms with E-state index in [2.05, 4.69) is 0 Å². The first-order valence-electron chi connectivity index (χ1n) is 5.14. The van der Waals surface area contributed by atoms with E-state index in [4.69, 9.17) is 10.8 Å². The number of nitrogens with two attached hydrogens (primary N) is 1. The molecule has 82 valence electrons. The van der Waals surface area contributed by atoms with Gasteiger partial charge in [0.25, 0.3) is 0 Å². The third-order valence-electron chi connectivity index (χ3n) is 2.82. The maximum absolute atomic E-state index is 13.1. The van der Waals surface area contributed by atoms with Crippen LogP contribution in [-0.2, 0) is 0 Å². The Labute approximate surface area is 88.3 Å². The van der Waals surface area contributed by atoms with Crippen molar-refractivity contribution in [2.75, 3.05) is 23.8 Å². The molecule has 1 fully saturated rings. The topological polar surface area (TPSA) is 49.5 Å². The van der Waals surface area contributed by atoms with Crippen LogP contribution in [0.1, 0.15) is 12.8 Å². The Morgan fingerprint density at radius 2 is 2.27 bits per heavy atom. The van der Waals surface area contributed by atoms with E-state index in [1.54, 1.807) is 6.07 Å². The number of rotatable bonds is 2. The lowest BCUT2D eigenvalue weighted by Gasteiger charge is -2.25. The molecule has 1 aromatic rings. The van der Waals surface area contributed by atoms with Crippen molar-refractivity contribution >= 4 is 11.4 Å². The van der Waals surface area contributed by atoms with E-state index in [1.165, 1.54) is 12.1 Å². The molecule has 1 heterocycles. The third-order valence-corrected chi connectivity index (χ3v) is 2.82. The molecule has 4 heteroatoms. The van der Waals surface area contributed by atoms with Gasteiger partial charge in [-0.1, -0.05) is 0 Å². The molecular formula is C11H15FN2O. The van der Waals surface area contributed by atoms with Gasteiger partial charge in [0.15, 0.2) is 0 Å². The van der Waals surface area contributed by atoms with Gasteiger partial charge >= 0.3 is 0 Å². The molecule has 3 N–H and O–H groups in total. The van der Waals surface area contributed by atoms with E-state index in [0.29, 0.717) is 5.69 Å². The number of anilines is 2. The number of aliphatic hydroxyl groups excluding tert-OH is 1. The van der Waals surface area contributed by atoms with Crippen LogP contribution < -0.4 is 10.6 Å². The zero-order valence-electron chi connectivity index (χ0n) is 8.49. The number of hydrogen-bond donors (Lipinski definition) is 2. The van der Waals surface area contributed by atoms with Gasteiger partial charge in [-0.05, 0) is 31.0 Å². The summed E-state index contributed by atoms with van der Waals surface area (Å²) < 4.78 is 13.1. The van der Waals surface area contributed by atoms with E-state index in [-0.39, 0.29) is 18.5 Å². The minimum atomic E-state index is -0.325.